The second-order valence-electron chi connectivity index (χ2n) is 7.46. The van der Waals surface area contributed by atoms with Crippen LogP contribution in [0.2, 0.25) is 0 Å². The van der Waals surface area contributed by atoms with Crippen molar-refractivity contribution in [2.45, 2.75) is 32.2 Å². The molecule has 2 aromatic rings. The summed E-state index contributed by atoms with van der Waals surface area (Å²) in [4.78, 5) is 12.8. The molecule has 0 unspecified atom stereocenters. The van der Waals surface area contributed by atoms with E-state index in [0.29, 0.717) is 30.3 Å². The molecule has 0 saturated heterocycles. The molecule has 0 fully saturated rings. The SMILES string of the molecule is COc1ccc(C(C)(C)CNC(=O)c2nn(C)c3c2CNCC3)cc1OC. The van der Waals surface area contributed by atoms with Gasteiger partial charge in [0.15, 0.2) is 17.2 Å². The molecule has 0 atom stereocenters. The minimum absolute atomic E-state index is 0.135. The Labute approximate surface area is 160 Å². The zero-order chi connectivity index (χ0) is 19.6. The predicted octanol–water partition coefficient (Wildman–Crippen LogP) is 1.79. The van der Waals surface area contributed by atoms with E-state index in [1.54, 1.807) is 14.2 Å². The second-order valence-corrected chi connectivity index (χ2v) is 7.46. The number of hydrogen-bond acceptors (Lipinski definition) is 5. The number of benzene rings is 1. The molecular weight excluding hydrogens is 344 g/mol. The standard InChI is InChI=1S/C20H28N4O3/c1-20(2,13-6-7-16(26-4)17(10-13)27-5)12-22-19(25)18-14-11-21-9-8-15(14)24(3)23-18/h6-7,10,21H,8-9,11-12H2,1-5H3,(H,22,25). The Morgan fingerprint density at radius 3 is 2.74 bits per heavy atom. The third kappa shape index (κ3) is 3.78. The molecule has 0 bridgehead atoms. The Bertz CT molecular complexity index is 842. The van der Waals surface area contributed by atoms with Gasteiger partial charge in [0.2, 0.25) is 0 Å². The van der Waals surface area contributed by atoms with Crippen molar-refractivity contribution in [2.24, 2.45) is 7.05 Å². The van der Waals surface area contributed by atoms with Crippen molar-refractivity contribution >= 4 is 5.91 Å². The van der Waals surface area contributed by atoms with Gasteiger partial charge in [-0.05, 0) is 17.7 Å². The highest BCUT2D eigenvalue weighted by Gasteiger charge is 2.27. The molecule has 0 aliphatic carbocycles. The number of nitrogens with one attached hydrogen (secondary N) is 2. The van der Waals surface area contributed by atoms with Gasteiger partial charge in [0, 0.05) is 49.8 Å². The molecule has 7 nitrogen and oxygen atoms in total. The summed E-state index contributed by atoms with van der Waals surface area (Å²) in [7, 11) is 5.13. The minimum Gasteiger partial charge on any atom is -0.493 e. The number of nitrogens with zero attached hydrogens (tertiary/aromatic N) is 2. The van der Waals surface area contributed by atoms with E-state index in [0.717, 1.165) is 29.8 Å². The summed E-state index contributed by atoms with van der Waals surface area (Å²) in [6.07, 6.45) is 0.892. The van der Waals surface area contributed by atoms with Crippen LogP contribution in [-0.4, -0.2) is 43.0 Å². The molecule has 146 valence electrons. The highest BCUT2D eigenvalue weighted by molar-refractivity contribution is 5.94. The maximum Gasteiger partial charge on any atom is 0.272 e. The van der Waals surface area contributed by atoms with Crippen molar-refractivity contribution in [1.82, 2.24) is 20.4 Å². The van der Waals surface area contributed by atoms with Crippen molar-refractivity contribution in [2.75, 3.05) is 27.3 Å². The van der Waals surface area contributed by atoms with Gasteiger partial charge < -0.3 is 20.1 Å². The van der Waals surface area contributed by atoms with E-state index in [4.69, 9.17) is 9.47 Å². The Hall–Kier alpha value is -2.54. The number of aryl methyl sites for hydroxylation is 1. The topological polar surface area (TPSA) is 77.4 Å². The third-order valence-electron chi connectivity index (χ3n) is 5.19. The summed E-state index contributed by atoms with van der Waals surface area (Å²) in [5.74, 6) is 1.23. The number of hydrogen-bond donors (Lipinski definition) is 2. The lowest BCUT2D eigenvalue weighted by atomic mass is 9.84. The largest absolute Gasteiger partial charge is 0.493 e. The predicted molar refractivity (Wildman–Crippen MR) is 104 cm³/mol. The first-order valence-electron chi connectivity index (χ1n) is 9.13. The van der Waals surface area contributed by atoms with Gasteiger partial charge in [0.1, 0.15) is 0 Å². The minimum atomic E-state index is -0.275. The number of fused-ring (bicyclic) bond motifs is 1. The number of rotatable bonds is 6. The Balaban J connectivity index is 1.75. The van der Waals surface area contributed by atoms with Crippen molar-refractivity contribution < 1.29 is 14.3 Å². The summed E-state index contributed by atoms with van der Waals surface area (Å²) < 4.78 is 12.5. The van der Waals surface area contributed by atoms with Crippen LogP contribution >= 0.6 is 0 Å². The Morgan fingerprint density at radius 2 is 2.04 bits per heavy atom. The van der Waals surface area contributed by atoms with Crippen molar-refractivity contribution in [3.05, 3.63) is 40.7 Å². The van der Waals surface area contributed by atoms with E-state index in [2.05, 4.69) is 29.6 Å². The number of aromatic nitrogens is 2. The maximum absolute atomic E-state index is 12.8. The fourth-order valence-electron chi connectivity index (χ4n) is 3.45. The smallest absolute Gasteiger partial charge is 0.272 e. The fourth-order valence-corrected chi connectivity index (χ4v) is 3.45. The molecule has 0 spiro atoms. The van der Waals surface area contributed by atoms with Crippen LogP contribution in [0.1, 0.15) is 41.2 Å². The molecule has 0 saturated carbocycles. The van der Waals surface area contributed by atoms with E-state index in [9.17, 15) is 4.79 Å². The van der Waals surface area contributed by atoms with Gasteiger partial charge in [-0.1, -0.05) is 19.9 Å². The Kier molecular flexibility index (Phi) is 5.41. The highest BCUT2D eigenvalue weighted by atomic mass is 16.5. The molecule has 1 aromatic heterocycles. The molecule has 27 heavy (non-hydrogen) atoms. The van der Waals surface area contributed by atoms with Crippen LogP contribution < -0.4 is 20.1 Å². The summed E-state index contributed by atoms with van der Waals surface area (Å²) in [6.45, 7) is 6.26. The van der Waals surface area contributed by atoms with Gasteiger partial charge in [0.05, 0.1) is 14.2 Å². The van der Waals surface area contributed by atoms with Crippen molar-refractivity contribution in [1.29, 1.82) is 0 Å². The van der Waals surface area contributed by atoms with E-state index < -0.39 is 0 Å². The molecule has 0 radical (unpaired) electrons. The quantitative estimate of drug-likeness (QED) is 0.808. The van der Waals surface area contributed by atoms with Gasteiger partial charge in [-0.2, -0.15) is 5.10 Å². The number of methoxy groups -OCH3 is 2. The molecule has 2 heterocycles. The lowest BCUT2D eigenvalue weighted by molar-refractivity contribution is 0.0939. The van der Waals surface area contributed by atoms with Crippen molar-refractivity contribution in [3.8, 4) is 11.5 Å². The summed E-state index contributed by atoms with van der Waals surface area (Å²) in [5, 5.41) is 10.8. The molecule has 1 aliphatic rings. The lowest BCUT2D eigenvalue weighted by Gasteiger charge is -2.26. The van der Waals surface area contributed by atoms with Crippen LogP contribution in [0, 0.1) is 0 Å². The average molecular weight is 372 g/mol. The number of carbonyl (C=O) groups is 1. The normalized spacial score (nSPS) is 13.8. The first kappa shape index (κ1) is 19.2. The fraction of sp³-hybridized carbons (Fsp3) is 0.500. The van der Waals surface area contributed by atoms with E-state index in [-0.39, 0.29) is 11.3 Å². The molecule has 7 heteroatoms. The molecule has 1 aromatic carbocycles. The zero-order valence-electron chi connectivity index (χ0n) is 16.7. The van der Waals surface area contributed by atoms with Gasteiger partial charge in [-0.25, -0.2) is 0 Å². The van der Waals surface area contributed by atoms with Crippen LogP contribution in [-0.2, 0) is 25.4 Å². The van der Waals surface area contributed by atoms with Gasteiger partial charge >= 0.3 is 0 Å². The molecular formula is C20H28N4O3. The van der Waals surface area contributed by atoms with Gasteiger partial charge in [-0.15, -0.1) is 0 Å². The zero-order valence-corrected chi connectivity index (χ0v) is 16.7. The Morgan fingerprint density at radius 1 is 1.30 bits per heavy atom. The van der Waals surface area contributed by atoms with Gasteiger partial charge in [-0.3, -0.25) is 9.48 Å². The van der Waals surface area contributed by atoms with E-state index in [1.165, 1.54) is 0 Å². The second kappa shape index (κ2) is 7.60. The molecule has 1 amide bonds. The number of ether oxygens (including phenoxy) is 2. The lowest BCUT2D eigenvalue weighted by Crippen LogP contribution is -2.37. The van der Waals surface area contributed by atoms with Crippen LogP contribution in [0.5, 0.6) is 11.5 Å². The first-order chi connectivity index (χ1) is 12.9. The van der Waals surface area contributed by atoms with Crippen LogP contribution in [0.25, 0.3) is 0 Å². The van der Waals surface area contributed by atoms with Crippen LogP contribution in [0.15, 0.2) is 18.2 Å². The summed E-state index contributed by atoms with van der Waals surface area (Å²) >= 11 is 0. The maximum atomic E-state index is 12.8. The van der Waals surface area contributed by atoms with Crippen LogP contribution in [0.3, 0.4) is 0 Å². The van der Waals surface area contributed by atoms with Gasteiger partial charge in [0.25, 0.3) is 5.91 Å². The summed E-state index contributed by atoms with van der Waals surface area (Å²) in [5.41, 5.74) is 3.44. The monoisotopic (exact) mass is 372 g/mol. The number of carbonyl (C=O) groups excluding carboxylic acids is 1. The molecule has 2 N–H and O–H groups in total. The highest BCUT2D eigenvalue weighted by Crippen LogP contribution is 2.33. The molecule has 3 rings (SSSR count). The average Bonchev–Trinajstić information content (AvgIpc) is 3.02. The molecule has 1 aliphatic heterocycles. The van der Waals surface area contributed by atoms with E-state index in [1.807, 2.05) is 29.9 Å². The van der Waals surface area contributed by atoms with E-state index >= 15 is 0 Å². The number of amides is 1. The first-order valence-corrected chi connectivity index (χ1v) is 9.13. The van der Waals surface area contributed by atoms with Crippen molar-refractivity contribution in [3.63, 3.8) is 0 Å². The third-order valence-corrected chi connectivity index (χ3v) is 5.19. The summed E-state index contributed by atoms with van der Waals surface area (Å²) in [6, 6.07) is 5.84. The van der Waals surface area contributed by atoms with Crippen LogP contribution in [0.4, 0.5) is 0 Å².